The lowest BCUT2D eigenvalue weighted by atomic mass is 10.5. The molecule has 3 N–H and O–H groups in total. The van der Waals surface area contributed by atoms with Gasteiger partial charge in [-0.15, -0.1) is 17.9 Å². The average Bonchev–Trinajstić information content (AvgIpc) is 2.75. The van der Waals surface area contributed by atoms with Gasteiger partial charge in [-0.25, -0.2) is 9.78 Å². The molecule has 0 aliphatic rings. The highest BCUT2D eigenvalue weighted by molar-refractivity contribution is 7.09. The smallest absolute Gasteiger partial charge is 0.355 e. The molecule has 0 aromatic carbocycles. The van der Waals surface area contributed by atoms with E-state index in [1.807, 2.05) is 0 Å². The molecule has 0 aliphatic carbocycles. The first-order valence-corrected chi connectivity index (χ1v) is 5.77. The molecule has 0 spiro atoms. The molecule has 0 saturated carbocycles. The van der Waals surface area contributed by atoms with Crippen molar-refractivity contribution < 1.29 is 14.7 Å². The van der Waals surface area contributed by atoms with Gasteiger partial charge in [-0.2, -0.15) is 0 Å². The van der Waals surface area contributed by atoms with Crippen LogP contribution < -0.4 is 10.6 Å². The van der Waals surface area contributed by atoms with E-state index in [4.69, 9.17) is 5.11 Å². The Morgan fingerprint density at radius 2 is 2.35 bits per heavy atom. The summed E-state index contributed by atoms with van der Waals surface area (Å²) in [5, 5.41) is 16.2. The topological polar surface area (TPSA) is 91.3 Å². The zero-order valence-electron chi connectivity index (χ0n) is 9.10. The van der Waals surface area contributed by atoms with Crippen LogP contribution in [0.25, 0.3) is 0 Å². The quantitative estimate of drug-likeness (QED) is 0.479. The maximum absolute atomic E-state index is 11.3. The second-order valence-electron chi connectivity index (χ2n) is 3.13. The fraction of sp³-hybridized carbons (Fsp3) is 0.300. The van der Waals surface area contributed by atoms with E-state index in [2.05, 4.69) is 22.2 Å². The largest absolute Gasteiger partial charge is 0.476 e. The summed E-state index contributed by atoms with van der Waals surface area (Å²) < 4.78 is 0. The van der Waals surface area contributed by atoms with Crippen molar-refractivity contribution in [2.45, 2.75) is 6.54 Å². The van der Waals surface area contributed by atoms with Crippen LogP contribution in [0.2, 0.25) is 0 Å². The van der Waals surface area contributed by atoms with E-state index in [1.165, 1.54) is 16.7 Å². The molecule has 6 nitrogen and oxygen atoms in total. The molecule has 0 aliphatic heterocycles. The summed E-state index contributed by atoms with van der Waals surface area (Å²) in [5.74, 6) is -1.23. The van der Waals surface area contributed by atoms with Crippen molar-refractivity contribution in [1.29, 1.82) is 0 Å². The number of hydrogen-bond acceptors (Lipinski definition) is 5. The maximum atomic E-state index is 11.3. The van der Waals surface area contributed by atoms with Crippen LogP contribution in [-0.2, 0) is 11.3 Å². The molecule has 0 radical (unpaired) electrons. The number of thiazole rings is 1. The monoisotopic (exact) mass is 255 g/mol. The third kappa shape index (κ3) is 4.75. The number of aromatic carboxylic acids is 1. The second-order valence-corrected chi connectivity index (χ2v) is 4.07. The number of nitrogens with one attached hydrogen (secondary N) is 2. The van der Waals surface area contributed by atoms with Crippen LogP contribution in [-0.4, -0.2) is 35.1 Å². The molecule has 0 saturated heterocycles. The van der Waals surface area contributed by atoms with Crippen LogP contribution in [0.3, 0.4) is 0 Å². The number of aromatic nitrogens is 1. The minimum Gasteiger partial charge on any atom is -0.476 e. The molecular weight excluding hydrogens is 242 g/mol. The van der Waals surface area contributed by atoms with Crippen LogP contribution in [0.4, 0.5) is 0 Å². The molecular formula is C10H13N3O3S. The third-order valence-corrected chi connectivity index (χ3v) is 2.63. The SMILES string of the molecule is C=CCNCC(=O)NCc1nc(C(=O)O)cs1. The number of hydrogen-bond donors (Lipinski definition) is 3. The van der Waals surface area contributed by atoms with Crippen molar-refractivity contribution in [3.05, 3.63) is 28.7 Å². The number of amides is 1. The van der Waals surface area contributed by atoms with Crippen molar-refractivity contribution in [1.82, 2.24) is 15.6 Å². The standard InChI is InChI=1S/C10H13N3O3S/c1-2-3-11-4-8(14)12-5-9-13-7(6-17-9)10(15)16/h2,6,11H,1,3-5H2,(H,12,14)(H,15,16). The van der Waals surface area contributed by atoms with Crippen molar-refractivity contribution in [2.24, 2.45) is 0 Å². The highest BCUT2D eigenvalue weighted by Crippen LogP contribution is 2.08. The summed E-state index contributed by atoms with van der Waals surface area (Å²) in [6, 6.07) is 0. The van der Waals surface area contributed by atoms with Gasteiger partial charge in [0.1, 0.15) is 5.01 Å². The Labute approximate surface area is 102 Å². The van der Waals surface area contributed by atoms with Gasteiger partial charge in [0.05, 0.1) is 13.1 Å². The fourth-order valence-electron chi connectivity index (χ4n) is 1.01. The molecule has 1 aromatic rings. The third-order valence-electron chi connectivity index (χ3n) is 1.78. The summed E-state index contributed by atoms with van der Waals surface area (Å²) >= 11 is 1.20. The predicted molar refractivity (Wildman–Crippen MR) is 64.0 cm³/mol. The van der Waals surface area contributed by atoms with E-state index in [9.17, 15) is 9.59 Å². The molecule has 1 aromatic heterocycles. The zero-order chi connectivity index (χ0) is 12.7. The number of rotatable bonds is 7. The van der Waals surface area contributed by atoms with Crippen LogP contribution >= 0.6 is 11.3 Å². The minimum absolute atomic E-state index is 0.00373. The Hall–Kier alpha value is -1.73. The van der Waals surface area contributed by atoms with E-state index in [0.29, 0.717) is 11.6 Å². The zero-order valence-corrected chi connectivity index (χ0v) is 9.92. The first-order chi connectivity index (χ1) is 8.13. The number of carboxylic acids is 1. The Morgan fingerprint density at radius 1 is 1.59 bits per heavy atom. The lowest BCUT2D eigenvalue weighted by Gasteiger charge is -2.02. The Balaban J connectivity index is 2.31. The van der Waals surface area contributed by atoms with Crippen LogP contribution in [0, 0.1) is 0 Å². The predicted octanol–water partition coefficient (Wildman–Crippen LogP) is 0.233. The van der Waals surface area contributed by atoms with Gasteiger partial charge in [-0.05, 0) is 0 Å². The molecule has 0 unspecified atom stereocenters. The maximum Gasteiger partial charge on any atom is 0.355 e. The number of nitrogens with zero attached hydrogens (tertiary/aromatic N) is 1. The van der Waals surface area contributed by atoms with Crippen molar-refractivity contribution in [3.8, 4) is 0 Å². The summed E-state index contributed by atoms with van der Waals surface area (Å²) in [4.78, 5) is 25.7. The Morgan fingerprint density at radius 3 is 2.94 bits per heavy atom. The summed E-state index contributed by atoms with van der Waals surface area (Å²) in [5.41, 5.74) is 0.00373. The lowest BCUT2D eigenvalue weighted by Crippen LogP contribution is -2.33. The fourth-order valence-corrected chi connectivity index (χ4v) is 1.72. The van der Waals surface area contributed by atoms with Crippen molar-refractivity contribution in [3.63, 3.8) is 0 Å². The molecule has 0 atom stereocenters. The van der Waals surface area contributed by atoms with Gasteiger partial charge in [-0.1, -0.05) is 6.08 Å². The van der Waals surface area contributed by atoms with E-state index in [-0.39, 0.29) is 24.7 Å². The Bertz CT molecular complexity index is 417. The minimum atomic E-state index is -1.06. The molecule has 92 valence electrons. The highest BCUT2D eigenvalue weighted by Gasteiger charge is 2.09. The summed E-state index contributed by atoms with van der Waals surface area (Å²) in [6.07, 6.45) is 1.66. The lowest BCUT2D eigenvalue weighted by molar-refractivity contribution is -0.120. The molecule has 1 heterocycles. The normalized spacial score (nSPS) is 9.88. The number of carbonyl (C=O) groups is 2. The Kier molecular flexibility index (Phi) is 5.31. The molecule has 7 heteroatoms. The van der Waals surface area contributed by atoms with E-state index in [0.717, 1.165) is 0 Å². The molecule has 0 fully saturated rings. The molecule has 1 amide bonds. The van der Waals surface area contributed by atoms with Crippen LogP contribution in [0.15, 0.2) is 18.0 Å². The van der Waals surface area contributed by atoms with E-state index < -0.39 is 5.97 Å². The van der Waals surface area contributed by atoms with Crippen LogP contribution in [0.1, 0.15) is 15.5 Å². The first-order valence-electron chi connectivity index (χ1n) is 4.89. The van der Waals surface area contributed by atoms with E-state index in [1.54, 1.807) is 6.08 Å². The molecule has 0 bridgehead atoms. The van der Waals surface area contributed by atoms with Gasteiger partial charge in [-0.3, -0.25) is 4.79 Å². The molecule has 17 heavy (non-hydrogen) atoms. The number of carbonyl (C=O) groups excluding carboxylic acids is 1. The second kappa shape index (κ2) is 6.77. The molecule has 1 rings (SSSR count). The number of carboxylic acid groups (broad SMARTS) is 1. The van der Waals surface area contributed by atoms with Gasteiger partial charge >= 0.3 is 5.97 Å². The summed E-state index contributed by atoms with van der Waals surface area (Å²) in [6.45, 7) is 4.52. The van der Waals surface area contributed by atoms with Gasteiger partial charge in [0.15, 0.2) is 5.69 Å². The van der Waals surface area contributed by atoms with Gasteiger partial charge in [0.2, 0.25) is 5.91 Å². The van der Waals surface area contributed by atoms with Crippen molar-refractivity contribution >= 4 is 23.2 Å². The van der Waals surface area contributed by atoms with E-state index >= 15 is 0 Å². The summed E-state index contributed by atoms with van der Waals surface area (Å²) in [7, 11) is 0. The van der Waals surface area contributed by atoms with Gasteiger partial charge < -0.3 is 15.7 Å². The average molecular weight is 255 g/mol. The van der Waals surface area contributed by atoms with Crippen LogP contribution in [0.5, 0.6) is 0 Å². The van der Waals surface area contributed by atoms with Crippen molar-refractivity contribution in [2.75, 3.05) is 13.1 Å². The van der Waals surface area contributed by atoms with Gasteiger partial charge in [0.25, 0.3) is 0 Å². The first kappa shape index (κ1) is 13.3. The highest BCUT2D eigenvalue weighted by atomic mass is 32.1. The van der Waals surface area contributed by atoms with Gasteiger partial charge in [0, 0.05) is 11.9 Å².